The fourth-order valence-electron chi connectivity index (χ4n) is 1.72. The minimum Gasteiger partial charge on any atom is -0.320 e. The summed E-state index contributed by atoms with van der Waals surface area (Å²) in [5.41, 5.74) is 7.62. The lowest BCUT2D eigenvalue weighted by atomic mass is 10.1. The van der Waals surface area contributed by atoms with E-state index >= 15 is 0 Å². The molecule has 2 N–H and O–H groups in total. The number of benzene rings is 1. The summed E-state index contributed by atoms with van der Waals surface area (Å²) in [4.78, 5) is 2.24. The molecule has 1 aromatic carbocycles. The summed E-state index contributed by atoms with van der Waals surface area (Å²) < 4.78 is 0. The molecule has 94 valence electrons. The summed E-state index contributed by atoms with van der Waals surface area (Å²) in [7, 11) is 0. The Bertz CT molecular complexity index is 463. The van der Waals surface area contributed by atoms with E-state index in [0.717, 1.165) is 25.2 Å². The van der Waals surface area contributed by atoms with Crippen molar-refractivity contribution < 1.29 is 0 Å². The quantitative estimate of drug-likeness (QED) is 0.799. The summed E-state index contributed by atoms with van der Waals surface area (Å²) in [6.07, 6.45) is 0.560. The van der Waals surface area contributed by atoms with Crippen molar-refractivity contribution in [1.29, 1.82) is 5.26 Å². The Labute approximate surface area is 109 Å². The van der Waals surface area contributed by atoms with Crippen LogP contribution in [0.4, 0.5) is 0 Å². The van der Waals surface area contributed by atoms with Gasteiger partial charge in [-0.15, -0.1) is 0 Å². The molecule has 0 amide bonds. The van der Waals surface area contributed by atoms with Gasteiger partial charge in [-0.2, -0.15) is 5.26 Å². The van der Waals surface area contributed by atoms with E-state index in [4.69, 9.17) is 11.0 Å². The van der Waals surface area contributed by atoms with Crippen molar-refractivity contribution in [3.8, 4) is 17.9 Å². The number of hydrogen-bond acceptors (Lipinski definition) is 3. The zero-order chi connectivity index (χ0) is 13.2. The van der Waals surface area contributed by atoms with Gasteiger partial charge < -0.3 is 5.73 Å². The third-order valence-corrected chi connectivity index (χ3v) is 2.72. The SMILES string of the molecule is CCN(CCC#N)Cc1ccccc1C#CCN. The molecule has 0 aliphatic rings. The Hall–Kier alpha value is -1.81. The fraction of sp³-hybridized carbons (Fsp3) is 0.400. The van der Waals surface area contributed by atoms with Gasteiger partial charge in [0, 0.05) is 25.1 Å². The van der Waals surface area contributed by atoms with Gasteiger partial charge in [0.15, 0.2) is 0 Å². The molecule has 18 heavy (non-hydrogen) atoms. The summed E-state index contributed by atoms with van der Waals surface area (Å²) >= 11 is 0. The van der Waals surface area contributed by atoms with Crippen LogP contribution in [0.3, 0.4) is 0 Å². The highest BCUT2D eigenvalue weighted by molar-refractivity contribution is 5.41. The molecule has 1 rings (SSSR count). The summed E-state index contributed by atoms with van der Waals surface area (Å²) in [5, 5.41) is 8.63. The van der Waals surface area contributed by atoms with Gasteiger partial charge in [0.25, 0.3) is 0 Å². The van der Waals surface area contributed by atoms with Crippen LogP contribution in [-0.2, 0) is 6.54 Å². The van der Waals surface area contributed by atoms with E-state index in [9.17, 15) is 0 Å². The minimum absolute atomic E-state index is 0.375. The Morgan fingerprint density at radius 3 is 2.78 bits per heavy atom. The van der Waals surface area contributed by atoms with Crippen molar-refractivity contribution in [3.63, 3.8) is 0 Å². The van der Waals surface area contributed by atoms with E-state index < -0.39 is 0 Å². The van der Waals surface area contributed by atoms with Crippen LogP contribution < -0.4 is 5.73 Å². The van der Waals surface area contributed by atoms with Gasteiger partial charge in [0.2, 0.25) is 0 Å². The second-order valence-electron chi connectivity index (χ2n) is 3.94. The predicted octanol–water partition coefficient (Wildman–Crippen LogP) is 1.73. The molecule has 0 unspecified atom stereocenters. The molecule has 3 heteroatoms. The van der Waals surface area contributed by atoms with Gasteiger partial charge in [0.1, 0.15) is 0 Å². The number of hydrogen-bond donors (Lipinski definition) is 1. The summed E-state index contributed by atoms with van der Waals surface area (Å²) in [5.74, 6) is 5.98. The predicted molar refractivity (Wildman–Crippen MR) is 73.6 cm³/mol. The van der Waals surface area contributed by atoms with Crippen molar-refractivity contribution in [2.24, 2.45) is 5.73 Å². The second-order valence-corrected chi connectivity index (χ2v) is 3.94. The van der Waals surface area contributed by atoms with Crippen LogP contribution in [0, 0.1) is 23.2 Å². The molecular weight excluding hydrogens is 222 g/mol. The molecule has 0 fully saturated rings. The molecular formula is C15H19N3. The van der Waals surface area contributed by atoms with Crippen LogP contribution in [-0.4, -0.2) is 24.5 Å². The zero-order valence-electron chi connectivity index (χ0n) is 10.8. The number of rotatable bonds is 5. The first-order valence-electron chi connectivity index (χ1n) is 6.18. The largest absolute Gasteiger partial charge is 0.320 e. The molecule has 0 atom stereocenters. The van der Waals surface area contributed by atoms with Crippen molar-refractivity contribution in [1.82, 2.24) is 4.90 Å². The van der Waals surface area contributed by atoms with E-state index in [1.165, 1.54) is 5.56 Å². The number of nitrogens with zero attached hydrogens (tertiary/aromatic N) is 2. The van der Waals surface area contributed by atoms with E-state index in [1.54, 1.807) is 0 Å². The summed E-state index contributed by atoms with van der Waals surface area (Å²) in [6, 6.07) is 10.3. The lowest BCUT2D eigenvalue weighted by Gasteiger charge is -2.19. The highest BCUT2D eigenvalue weighted by atomic mass is 15.1. The molecule has 0 saturated heterocycles. The topological polar surface area (TPSA) is 53.0 Å². The van der Waals surface area contributed by atoms with Crippen molar-refractivity contribution >= 4 is 0 Å². The van der Waals surface area contributed by atoms with Crippen molar-refractivity contribution in [3.05, 3.63) is 35.4 Å². The van der Waals surface area contributed by atoms with Gasteiger partial charge in [-0.25, -0.2) is 0 Å². The maximum Gasteiger partial charge on any atom is 0.0635 e. The fourth-order valence-corrected chi connectivity index (χ4v) is 1.72. The van der Waals surface area contributed by atoms with Gasteiger partial charge in [-0.3, -0.25) is 4.90 Å². The van der Waals surface area contributed by atoms with Crippen LogP contribution >= 0.6 is 0 Å². The number of nitrogens with two attached hydrogens (primary N) is 1. The lowest BCUT2D eigenvalue weighted by Crippen LogP contribution is -2.24. The highest BCUT2D eigenvalue weighted by Crippen LogP contribution is 2.10. The lowest BCUT2D eigenvalue weighted by molar-refractivity contribution is 0.286. The Kier molecular flexibility index (Phi) is 6.58. The van der Waals surface area contributed by atoms with Gasteiger partial charge in [-0.1, -0.05) is 37.0 Å². The van der Waals surface area contributed by atoms with Crippen LogP contribution in [0.5, 0.6) is 0 Å². The van der Waals surface area contributed by atoms with Gasteiger partial charge in [0.05, 0.1) is 12.6 Å². The maximum atomic E-state index is 8.63. The van der Waals surface area contributed by atoms with Crippen LogP contribution in [0.15, 0.2) is 24.3 Å². The summed E-state index contributed by atoms with van der Waals surface area (Å²) in [6.45, 7) is 5.03. The monoisotopic (exact) mass is 241 g/mol. The normalized spacial score (nSPS) is 9.67. The Morgan fingerprint density at radius 1 is 1.33 bits per heavy atom. The van der Waals surface area contributed by atoms with Gasteiger partial charge >= 0.3 is 0 Å². The van der Waals surface area contributed by atoms with E-state index in [-0.39, 0.29) is 0 Å². The average molecular weight is 241 g/mol. The smallest absolute Gasteiger partial charge is 0.0635 e. The molecule has 0 saturated carbocycles. The number of nitriles is 1. The van der Waals surface area contributed by atoms with Crippen molar-refractivity contribution in [2.75, 3.05) is 19.6 Å². The van der Waals surface area contributed by atoms with Crippen LogP contribution in [0.25, 0.3) is 0 Å². The first kappa shape index (κ1) is 14.3. The molecule has 0 heterocycles. The minimum atomic E-state index is 0.375. The van der Waals surface area contributed by atoms with Gasteiger partial charge in [-0.05, 0) is 18.2 Å². The molecule has 0 aliphatic carbocycles. The molecule has 0 spiro atoms. The molecule has 0 bridgehead atoms. The third-order valence-electron chi connectivity index (χ3n) is 2.72. The molecule has 0 aromatic heterocycles. The molecule has 0 aliphatic heterocycles. The average Bonchev–Trinajstić information content (AvgIpc) is 2.42. The zero-order valence-corrected chi connectivity index (χ0v) is 10.8. The Morgan fingerprint density at radius 2 is 2.11 bits per heavy atom. The van der Waals surface area contributed by atoms with Crippen molar-refractivity contribution in [2.45, 2.75) is 19.9 Å². The standard InChI is InChI=1S/C15H19N3/c1-2-18(12-6-11-17)13-15-8-4-3-7-14(15)9-5-10-16/h3-4,7-8H,2,6,10,12-13,16H2,1H3. The molecule has 3 nitrogen and oxygen atoms in total. The first-order valence-corrected chi connectivity index (χ1v) is 6.18. The van der Waals surface area contributed by atoms with E-state index in [1.807, 2.05) is 18.2 Å². The maximum absolute atomic E-state index is 8.63. The second kappa shape index (κ2) is 8.31. The molecule has 0 radical (unpaired) electrons. The highest BCUT2D eigenvalue weighted by Gasteiger charge is 2.05. The Balaban J connectivity index is 2.79. The first-order chi connectivity index (χ1) is 8.81. The van der Waals surface area contributed by atoms with Crippen LogP contribution in [0.2, 0.25) is 0 Å². The van der Waals surface area contributed by atoms with Crippen LogP contribution in [0.1, 0.15) is 24.5 Å². The molecule has 1 aromatic rings. The van der Waals surface area contributed by atoms with E-state index in [0.29, 0.717) is 13.0 Å². The van der Waals surface area contributed by atoms with E-state index in [2.05, 4.69) is 35.8 Å². The third kappa shape index (κ3) is 4.59.